The summed E-state index contributed by atoms with van der Waals surface area (Å²) < 4.78 is 34.0. The molecule has 1 aromatic heterocycles. The Morgan fingerprint density at radius 3 is 2.59 bits per heavy atom. The van der Waals surface area contributed by atoms with Crippen molar-refractivity contribution in [2.75, 3.05) is 11.5 Å². The highest BCUT2D eigenvalue weighted by Crippen LogP contribution is 2.41. The normalized spacial score (nSPS) is 10.8. The van der Waals surface area contributed by atoms with E-state index in [2.05, 4.69) is 15.3 Å². The number of nitrogens with one attached hydrogen (secondary N) is 2. The Morgan fingerprint density at radius 1 is 1.21 bits per heavy atom. The molecule has 0 fully saturated rings. The highest BCUT2D eigenvalue weighted by molar-refractivity contribution is 6.34. The summed E-state index contributed by atoms with van der Waals surface area (Å²) in [7, 11) is 0. The fraction of sp³-hybridized carbons (Fsp3) is 0.0588. The van der Waals surface area contributed by atoms with Gasteiger partial charge >= 0.3 is 0 Å². The van der Waals surface area contributed by atoms with Crippen LogP contribution in [-0.4, -0.2) is 15.9 Å². The third-order valence-corrected chi connectivity index (χ3v) is 4.78. The van der Waals surface area contributed by atoms with Crippen molar-refractivity contribution in [3.05, 3.63) is 62.6 Å². The van der Waals surface area contributed by atoms with Crippen molar-refractivity contribution in [2.45, 2.75) is 6.54 Å². The summed E-state index contributed by atoms with van der Waals surface area (Å²) in [5, 5.41) is 1.96. The van der Waals surface area contributed by atoms with Crippen molar-refractivity contribution in [3.63, 3.8) is 0 Å². The predicted molar refractivity (Wildman–Crippen MR) is 106 cm³/mol. The smallest absolute Gasteiger partial charge is 0.273 e. The summed E-state index contributed by atoms with van der Waals surface area (Å²) in [6.45, 7) is -0.219. The van der Waals surface area contributed by atoms with E-state index in [0.29, 0.717) is 0 Å². The number of nitrogens with two attached hydrogens (primary N) is 2. The first-order valence-corrected chi connectivity index (χ1v) is 8.98. The molecule has 29 heavy (non-hydrogen) atoms. The predicted octanol–water partition coefficient (Wildman–Crippen LogP) is 4.53. The second kappa shape index (κ2) is 8.32. The number of rotatable bonds is 5. The van der Waals surface area contributed by atoms with Gasteiger partial charge in [0.05, 0.1) is 22.7 Å². The maximum Gasteiger partial charge on any atom is 0.273 e. The van der Waals surface area contributed by atoms with Crippen LogP contribution in [0, 0.1) is 11.6 Å². The Labute approximate surface area is 177 Å². The summed E-state index contributed by atoms with van der Waals surface area (Å²) >= 11 is 17.6. The monoisotopic (exact) mass is 461 g/mol. The zero-order valence-electron chi connectivity index (χ0n) is 14.3. The number of halogens is 5. The summed E-state index contributed by atoms with van der Waals surface area (Å²) in [6.07, 6.45) is 1.25. The molecule has 1 amide bonds. The fourth-order valence-electron chi connectivity index (χ4n) is 2.33. The van der Waals surface area contributed by atoms with Crippen LogP contribution >= 0.6 is 34.8 Å². The van der Waals surface area contributed by atoms with Crippen molar-refractivity contribution < 1.29 is 18.3 Å². The highest BCUT2D eigenvalue weighted by atomic mass is 35.5. The molecule has 0 unspecified atom stereocenters. The topological polar surface area (TPSA) is 119 Å². The van der Waals surface area contributed by atoms with E-state index in [1.54, 1.807) is 0 Å². The van der Waals surface area contributed by atoms with Gasteiger partial charge in [-0.05, 0) is 6.07 Å². The lowest BCUT2D eigenvalue weighted by molar-refractivity contribution is 0.0946. The molecule has 0 aliphatic heterocycles. The van der Waals surface area contributed by atoms with E-state index in [0.717, 1.165) is 6.07 Å². The molecular weight excluding hydrogens is 451 g/mol. The largest absolute Gasteiger partial charge is 0.450 e. The first-order valence-electron chi connectivity index (χ1n) is 7.85. The number of carbonyl (C=O) groups is 1. The number of carbonyl (C=O) groups excluding carboxylic acids is 1. The van der Waals surface area contributed by atoms with E-state index in [9.17, 15) is 13.6 Å². The van der Waals surface area contributed by atoms with Crippen molar-refractivity contribution in [3.8, 4) is 11.5 Å². The van der Waals surface area contributed by atoms with Crippen molar-refractivity contribution in [1.82, 2.24) is 15.3 Å². The fourth-order valence-corrected chi connectivity index (χ4v) is 2.90. The number of ether oxygens (including phenoxy) is 1. The van der Waals surface area contributed by atoms with Crippen molar-refractivity contribution in [1.29, 1.82) is 0 Å². The van der Waals surface area contributed by atoms with Crippen LogP contribution in [0.4, 0.5) is 20.2 Å². The molecule has 6 N–H and O–H groups in total. The maximum absolute atomic E-state index is 14.9. The maximum atomic E-state index is 14.9. The molecule has 7 nitrogen and oxygen atoms in total. The van der Waals surface area contributed by atoms with Crippen LogP contribution < -0.4 is 21.5 Å². The van der Waals surface area contributed by atoms with Gasteiger partial charge in [0.15, 0.2) is 28.8 Å². The van der Waals surface area contributed by atoms with E-state index < -0.39 is 28.3 Å². The Balaban J connectivity index is 1.86. The summed E-state index contributed by atoms with van der Waals surface area (Å²) in [5.74, 6) is -2.99. The van der Waals surface area contributed by atoms with Crippen LogP contribution in [0.3, 0.4) is 0 Å². The van der Waals surface area contributed by atoms with Gasteiger partial charge in [0, 0.05) is 18.2 Å². The number of benzene rings is 2. The number of nitrogen functional groups attached to an aromatic ring is 2. The van der Waals surface area contributed by atoms with E-state index in [4.69, 9.17) is 51.0 Å². The third-order valence-electron chi connectivity index (χ3n) is 3.82. The molecule has 3 rings (SSSR count). The molecule has 0 aliphatic rings. The van der Waals surface area contributed by atoms with E-state index in [-0.39, 0.29) is 45.1 Å². The number of H-pyrrole nitrogens is 1. The van der Waals surface area contributed by atoms with Crippen molar-refractivity contribution in [2.24, 2.45) is 0 Å². The Morgan fingerprint density at radius 2 is 1.93 bits per heavy atom. The second-order valence-electron chi connectivity index (χ2n) is 5.71. The van der Waals surface area contributed by atoms with Gasteiger partial charge in [-0.1, -0.05) is 40.9 Å². The van der Waals surface area contributed by atoms with Gasteiger partial charge in [0.25, 0.3) is 5.91 Å². The SMILES string of the molecule is Nc1cc(Oc2c(Cl)ccc(CNC(=O)c3nc[nH]c3Cl)c2F)c(N)c(Cl)c1F. The second-order valence-corrected chi connectivity index (χ2v) is 6.87. The molecule has 0 atom stereocenters. The minimum atomic E-state index is -0.920. The molecule has 0 saturated carbocycles. The summed E-state index contributed by atoms with van der Waals surface area (Å²) in [4.78, 5) is 18.4. The molecule has 0 saturated heterocycles. The Hall–Kier alpha value is -2.75. The van der Waals surface area contributed by atoms with Gasteiger partial charge in [-0.25, -0.2) is 13.8 Å². The molecule has 0 aliphatic carbocycles. The molecule has 12 heteroatoms. The minimum absolute atomic E-state index is 0.0401. The van der Waals surface area contributed by atoms with Gasteiger partial charge in [-0.3, -0.25) is 4.79 Å². The van der Waals surface area contributed by atoms with Gasteiger partial charge in [0.1, 0.15) is 10.2 Å². The van der Waals surface area contributed by atoms with Crippen LogP contribution in [0.15, 0.2) is 24.5 Å². The van der Waals surface area contributed by atoms with Gasteiger partial charge in [-0.15, -0.1) is 0 Å². The number of hydrogen-bond acceptors (Lipinski definition) is 5. The van der Waals surface area contributed by atoms with Gasteiger partial charge in [-0.2, -0.15) is 0 Å². The lowest BCUT2D eigenvalue weighted by Gasteiger charge is -2.15. The van der Waals surface area contributed by atoms with Crippen LogP contribution in [0.5, 0.6) is 11.5 Å². The molecular formula is C17H12Cl3F2N5O2. The number of aromatic amines is 1. The molecule has 1 heterocycles. The number of anilines is 2. The van der Waals surface area contributed by atoms with E-state index in [1.807, 2.05) is 0 Å². The minimum Gasteiger partial charge on any atom is -0.450 e. The number of amides is 1. The van der Waals surface area contributed by atoms with Crippen LogP contribution in [0.25, 0.3) is 0 Å². The van der Waals surface area contributed by atoms with Gasteiger partial charge < -0.3 is 26.5 Å². The summed E-state index contributed by atoms with van der Waals surface area (Å²) in [6, 6.07) is 3.76. The quantitative estimate of drug-likeness (QED) is 0.415. The molecule has 0 radical (unpaired) electrons. The molecule has 2 aromatic carbocycles. The van der Waals surface area contributed by atoms with E-state index in [1.165, 1.54) is 18.5 Å². The molecule has 0 spiro atoms. The number of hydrogen-bond donors (Lipinski definition) is 4. The Bertz CT molecular complexity index is 1110. The number of nitrogens with zero attached hydrogens (tertiary/aromatic N) is 1. The van der Waals surface area contributed by atoms with Gasteiger partial charge in [0.2, 0.25) is 0 Å². The van der Waals surface area contributed by atoms with Crippen LogP contribution in [0.2, 0.25) is 15.2 Å². The van der Waals surface area contributed by atoms with Crippen LogP contribution in [-0.2, 0) is 6.54 Å². The Kier molecular flexibility index (Phi) is 6.02. The lowest BCUT2D eigenvalue weighted by atomic mass is 10.2. The third kappa shape index (κ3) is 4.16. The standard InChI is InChI=1S/C17H12Cl3F2N5O2/c18-7-2-1-6(4-25-17(28)14-16(20)27-5-26-14)11(21)15(7)29-9-3-8(23)12(22)10(19)13(9)24/h1-3,5H,4,23-24H2,(H,25,28)(H,26,27). The average Bonchev–Trinajstić information content (AvgIpc) is 3.12. The lowest BCUT2D eigenvalue weighted by Crippen LogP contribution is -2.24. The zero-order valence-corrected chi connectivity index (χ0v) is 16.6. The molecule has 0 bridgehead atoms. The van der Waals surface area contributed by atoms with Crippen molar-refractivity contribution >= 4 is 52.1 Å². The first kappa shape index (κ1) is 21.0. The number of aromatic nitrogens is 2. The zero-order chi connectivity index (χ0) is 21.3. The number of imidazole rings is 1. The van der Waals surface area contributed by atoms with Crippen LogP contribution in [0.1, 0.15) is 16.1 Å². The van der Waals surface area contributed by atoms with E-state index >= 15 is 0 Å². The summed E-state index contributed by atoms with van der Waals surface area (Å²) in [5.41, 5.74) is 10.6. The molecule has 3 aromatic rings. The highest BCUT2D eigenvalue weighted by Gasteiger charge is 2.20. The first-order chi connectivity index (χ1) is 13.7. The molecule has 152 valence electrons. The average molecular weight is 463 g/mol.